The van der Waals surface area contributed by atoms with E-state index < -0.39 is 12.1 Å². The normalized spacial score (nSPS) is 15.2. The second-order valence-corrected chi connectivity index (χ2v) is 6.63. The average Bonchev–Trinajstić information content (AvgIpc) is 2.52. The van der Waals surface area contributed by atoms with Gasteiger partial charge in [0.15, 0.2) is 0 Å². The average molecular weight is 408 g/mol. The third-order valence-electron chi connectivity index (χ3n) is 3.73. The lowest BCUT2D eigenvalue weighted by Gasteiger charge is -2.20. The first-order valence-corrected chi connectivity index (χ1v) is 8.75. The second kappa shape index (κ2) is 10.0. The number of allylic oxidation sites excluding steroid dienone is 3. The van der Waals surface area contributed by atoms with Crippen molar-refractivity contribution < 1.29 is 18.3 Å². The van der Waals surface area contributed by atoms with E-state index in [2.05, 4.69) is 5.32 Å². The monoisotopic (exact) mass is 407 g/mol. The fourth-order valence-corrected chi connectivity index (χ4v) is 3.00. The number of aliphatic hydroxyl groups excluding tert-OH is 1. The summed E-state index contributed by atoms with van der Waals surface area (Å²) in [5, 5.41) is 12.1. The summed E-state index contributed by atoms with van der Waals surface area (Å²) in [4.78, 5) is 0. The van der Waals surface area contributed by atoms with E-state index in [1.807, 2.05) is 6.92 Å². The first-order chi connectivity index (χ1) is 12.1. The highest BCUT2D eigenvalue weighted by Gasteiger charge is 2.40. The molecule has 1 aromatic rings. The summed E-state index contributed by atoms with van der Waals surface area (Å²) in [6.07, 6.45) is 0.498. The van der Waals surface area contributed by atoms with Gasteiger partial charge in [0.2, 0.25) is 0 Å². The Kier molecular flexibility index (Phi) is 8.74. The Labute approximate surface area is 162 Å². The van der Waals surface area contributed by atoms with Crippen molar-refractivity contribution in [3.63, 3.8) is 0 Å². The highest BCUT2D eigenvalue weighted by atomic mass is 35.5. The fourth-order valence-electron chi connectivity index (χ4n) is 2.46. The van der Waals surface area contributed by atoms with E-state index in [4.69, 9.17) is 28.3 Å². The smallest absolute Gasteiger partial charge is 0.396 e. The van der Waals surface area contributed by atoms with Crippen LogP contribution in [0.25, 0.3) is 0 Å². The number of rotatable bonds is 7. The van der Waals surface area contributed by atoms with Crippen LogP contribution in [0, 0.1) is 0 Å². The highest BCUT2D eigenvalue weighted by Crippen LogP contribution is 2.39. The number of alkyl halides is 3. The molecule has 0 aliphatic heterocycles. The summed E-state index contributed by atoms with van der Waals surface area (Å²) in [7, 11) is 1.56. The van der Waals surface area contributed by atoms with Crippen LogP contribution in [-0.2, 0) is 0 Å². The van der Waals surface area contributed by atoms with E-state index >= 15 is 0 Å². The Hall–Kier alpha value is -1.43. The molecule has 0 aromatic heterocycles. The van der Waals surface area contributed by atoms with Crippen LogP contribution in [0.4, 0.5) is 13.2 Å². The molecule has 1 rings (SSSR count). The second-order valence-electron chi connectivity index (χ2n) is 5.76. The molecule has 7 heteroatoms. The van der Waals surface area contributed by atoms with Gasteiger partial charge in [-0.2, -0.15) is 13.2 Å². The topological polar surface area (TPSA) is 32.3 Å². The maximum atomic E-state index is 13.7. The van der Waals surface area contributed by atoms with Gasteiger partial charge in [-0.3, -0.25) is 0 Å². The molecular formula is C19H22Cl2F3NO. The minimum atomic E-state index is -4.52. The van der Waals surface area contributed by atoms with Crippen LogP contribution in [-0.4, -0.2) is 24.9 Å². The molecule has 2 N–H and O–H groups in total. The molecule has 0 aliphatic carbocycles. The van der Waals surface area contributed by atoms with Gasteiger partial charge in [0.1, 0.15) is 5.92 Å². The summed E-state index contributed by atoms with van der Waals surface area (Å²) < 4.78 is 41.1. The molecule has 0 aliphatic rings. The molecule has 0 heterocycles. The van der Waals surface area contributed by atoms with Crippen molar-refractivity contribution in [2.24, 2.45) is 0 Å². The van der Waals surface area contributed by atoms with Gasteiger partial charge in [-0.25, -0.2) is 0 Å². The van der Waals surface area contributed by atoms with Gasteiger partial charge < -0.3 is 10.4 Å². The molecule has 1 unspecified atom stereocenters. The van der Waals surface area contributed by atoms with Gasteiger partial charge in [-0.05, 0) is 55.7 Å². The number of likely N-dealkylation sites (N-methyl/N-ethyl adjacent to an activating group) is 1. The van der Waals surface area contributed by atoms with Crippen molar-refractivity contribution in [3.05, 3.63) is 68.9 Å². The molecule has 144 valence electrons. The quantitative estimate of drug-likeness (QED) is 0.541. The number of benzene rings is 1. The van der Waals surface area contributed by atoms with E-state index in [1.54, 1.807) is 26.1 Å². The van der Waals surface area contributed by atoms with Gasteiger partial charge in [0, 0.05) is 29.4 Å². The Morgan fingerprint density at radius 2 is 1.81 bits per heavy atom. The van der Waals surface area contributed by atoms with Crippen molar-refractivity contribution in [2.45, 2.75) is 32.4 Å². The zero-order valence-electron chi connectivity index (χ0n) is 14.8. The molecule has 0 bridgehead atoms. The minimum Gasteiger partial charge on any atom is -0.396 e. The van der Waals surface area contributed by atoms with Crippen molar-refractivity contribution in [1.29, 1.82) is 0 Å². The zero-order valence-corrected chi connectivity index (χ0v) is 16.3. The van der Waals surface area contributed by atoms with E-state index in [1.165, 1.54) is 18.2 Å². The first-order valence-electron chi connectivity index (χ1n) is 7.99. The SMILES string of the molecule is C/C=C(\C=C(\C)CCO)C(=CC(c1cc(Cl)cc(Cl)c1)C(F)(F)F)NC. The molecule has 0 radical (unpaired) electrons. The summed E-state index contributed by atoms with van der Waals surface area (Å²) >= 11 is 11.8. The summed E-state index contributed by atoms with van der Waals surface area (Å²) in [6, 6.07) is 3.91. The van der Waals surface area contributed by atoms with Crippen molar-refractivity contribution in [2.75, 3.05) is 13.7 Å². The van der Waals surface area contributed by atoms with E-state index in [9.17, 15) is 13.2 Å². The van der Waals surface area contributed by atoms with Gasteiger partial charge in [-0.15, -0.1) is 0 Å². The number of halogens is 5. The predicted octanol–water partition coefficient (Wildman–Crippen LogP) is 6.02. The maximum Gasteiger partial charge on any atom is 0.399 e. The molecular weight excluding hydrogens is 386 g/mol. The number of hydrogen-bond donors (Lipinski definition) is 2. The van der Waals surface area contributed by atoms with Crippen LogP contribution in [0.2, 0.25) is 10.0 Å². The third kappa shape index (κ3) is 6.71. The largest absolute Gasteiger partial charge is 0.399 e. The Balaban J connectivity index is 3.43. The van der Waals surface area contributed by atoms with Crippen molar-refractivity contribution in [1.82, 2.24) is 5.32 Å². The molecule has 2 nitrogen and oxygen atoms in total. The molecule has 0 saturated carbocycles. The summed E-state index contributed by atoms with van der Waals surface area (Å²) in [5.41, 5.74) is 1.74. The molecule has 0 spiro atoms. The predicted molar refractivity (Wildman–Crippen MR) is 102 cm³/mol. The molecule has 26 heavy (non-hydrogen) atoms. The lowest BCUT2D eigenvalue weighted by Crippen LogP contribution is -2.21. The molecule has 0 fully saturated rings. The van der Waals surface area contributed by atoms with Crippen LogP contribution in [0.1, 0.15) is 31.7 Å². The van der Waals surface area contributed by atoms with Gasteiger partial charge in [0.05, 0.1) is 0 Å². The lowest BCUT2D eigenvalue weighted by molar-refractivity contribution is -0.139. The standard InChI is InChI=1S/C19H22Cl2F3NO/c1-4-13(7-12(2)5-6-26)18(25-3)11-17(19(22,23)24)14-8-15(20)10-16(21)9-14/h4,7-11,17,25-26H,5-6H2,1-3H3/b12-7-,13-4+,18-11?. The van der Waals surface area contributed by atoms with Gasteiger partial charge in [0.25, 0.3) is 0 Å². The highest BCUT2D eigenvalue weighted by molar-refractivity contribution is 6.34. The van der Waals surface area contributed by atoms with Crippen LogP contribution in [0.15, 0.2) is 53.3 Å². The Morgan fingerprint density at radius 3 is 2.23 bits per heavy atom. The van der Waals surface area contributed by atoms with Gasteiger partial charge in [-0.1, -0.05) is 40.9 Å². The zero-order chi connectivity index (χ0) is 19.9. The minimum absolute atomic E-state index is 0.0237. The van der Waals surface area contributed by atoms with Crippen LogP contribution >= 0.6 is 23.2 Å². The van der Waals surface area contributed by atoms with Gasteiger partial charge >= 0.3 is 6.18 Å². The van der Waals surface area contributed by atoms with Crippen molar-refractivity contribution >= 4 is 23.2 Å². The van der Waals surface area contributed by atoms with Crippen molar-refractivity contribution in [3.8, 4) is 0 Å². The molecule has 1 aromatic carbocycles. The van der Waals surface area contributed by atoms with Crippen LogP contribution < -0.4 is 5.32 Å². The molecule has 1 atom stereocenters. The number of nitrogens with one attached hydrogen (secondary N) is 1. The summed E-state index contributed by atoms with van der Waals surface area (Å²) in [6.45, 7) is 3.52. The van der Waals surface area contributed by atoms with Crippen LogP contribution in [0.3, 0.4) is 0 Å². The van der Waals surface area contributed by atoms with E-state index in [-0.39, 0.29) is 22.2 Å². The van der Waals surface area contributed by atoms with Crippen LogP contribution in [0.5, 0.6) is 0 Å². The number of aliphatic hydroxyl groups is 1. The van der Waals surface area contributed by atoms with E-state index in [0.29, 0.717) is 17.7 Å². The Morgan fingerprint density at radius 1 is 1.23 bits per heavy atom. The lowest BCUT2D eigenvalue weighted by atomic mass is 9.95. The maximum absolute atomic E-state index is 13.7. The Bertz CT molecular complexity index is 689. The van der Waals surface area contributed by atoms with E-state index in [0.717, 1.165) is 11.6 Å². The molecule has 0 amide bonds. The number of hydrogen-bond acceptors (Lipinski definition) is 2. The summed E-state index contributed by atoms with van der Waals surface area (Å²) in [5.74, 6) is -1.87. The third-order valence-corrected chi connectivity index (χ3v) is 4.17. The first kappa shape index (κ1) is 22.6. The molecule has 0 saturated heterocycles. The fraction of sp³-hybridized carbons (Fsp3) is 0.368.